The Kier molecular flexibility index (Phi) is 9.79. The quantitative estimate of drug-likeness (QED) is 0.285. The van der Waals surface area contributed by atoms with Crippen LogP contribution in [-0.2, 0) is 15.7 Å². The van der Waals surface area contributed by atoms with Crippen LogP contribution in [0.1, 0.15) is 32.0 Å². The van der Waals surface area contributed by atoms with Gasteiger partial charge in [0.05, 0.1) is 35.5 Å². The number of carboxylic acid groups (broad SMARTS) is 1. The zero-order chi connectivity index (χ0) is 29.6. The van der Waals surface area contributed by atoms with Crippen LogP contribution >= 0.6 is 11.6 Å². The molecule has 0 aliphatic carbocycles. The molecule has 212 valence electrons. The molecular weight excluding hydrogens is 562 g/mol. The molecule has 0 saturated heterocycles. The maximum absolute atomic E-state index is 15.4. The van der Waals surface area contributed by atoms with E-state index < -0.39 is 58.4 Å². The molecule has 0 spiro atoms. The summed E-state index contributed by atoms with van der Waals surface area (Å²) in [6.45, 7) is 3.05. The van der Waals surface area contributed by atoms with Crippen molar-refractivity contribution in [1.29, 1.82) is 0 Å². The lowest BCUT2D eigenvalue weighted by Crippen LogP contribution is -2.46. The summed E-state index contributed by atoms with van der Waals surface area (Å²) in [6.07, 6.45) is -1.61. The Morgan fingerprint density at radius 3 is 2.33 bits per heavy atom. The van der Waals surface area contributed by atoms with Gasteiger partial charge in [-0.15, -0.1) is 0 Å². The lowest BCUT2D eigenvalue weighted by Gasteiger charge is -2.32. The highest BCUT2D eigenvalue weighted by Gasteiger charge is 2.37. The number of rotatable bonds is 11. The second-order valence-electron chi connectivity index (χ2n) is 8.13. The number of anilines is 1. The van der Waals surface area contributed by atoms with Gasteiger partial charge in [-0.25, -0.2) is 19.2 Å². The first-order valence-corrected chi connectivity index (χ1v) is 11.7. The lowest BCUT2D eigenvalue weighted by atomic mass is 10.1. The van der Waals surface area contributed by atoms with Crippen molar-refractivity contribution in [2.75, 3.05) is 32.3 Å². The van der Waals surface area contributed by atoms with Crippen molar-refractivity contribution in [3.05, 3.63) is 82.5 Å². The van der Waals surface area contributed by atoms with Gasteiger partial charge >= 0.3 is 12.1 Å². The van der Waals surface area contributed by atoms with E-state index in [1.807, 2.05) is 0 Å². The number of halogens is 5. The average molecular weight is 584 g/mol. The Labute approximate surface area is 230 Å². The monoisotopic (exact) mass is 583 g/mol. The molecule has 0 unspecified atom stereocenters. The Morgan fingerprint density at radius 2 is 1.80 bits per heavy atom. The van der Waals surface area contributed by atoms with Gasteiger partial charge in [-0.2, -0.15) is 13.2 Å². The maximum atomic E-state index is 15.4. The number of pyridine rings is 2. The molecule has 3 rings (SSSR count). The number of aromatic nitrogens is 2. The summed E-state index contributed by atoms with van der Waals surface area (Å²) in [5, 5.41) is 10.2. The fourth-order valence-electron chi connectivity index (χ4n) is 3.64. The smallest absolute Gasteiger partial charge is 0.421 e. The van der Waals surface area contributed by atoms with E-state index in [2.05, 4.69) is 16.5 Å². The third kappa shape index (κ3) is 6.92. The van der Waals surface area contributed by atoms with E-state index in [0.717, 1.165) is 17.2 Å². The topological polar surface area (TPSA) is 111 Å². The number of ether oxygens (including phenoxy) is 3. The van der Waals surface area contributed by atoms with Crippen LogP contribution in [0.25, 0.3) is 6.08 Å². The number of aromatic carboxylic acids is 1. The predicted octanol–water partition coefficient (Wildman–Crippen LogP) is 5.73. The zero-order valence-corrected chi connectivity index (χ0v) is 21.8. The van der Waals surface area contributed by atoms with Crippen molar-refractivity contribution < 1.29 is 46.5 Å². The van der Waals surface area contributed by atoms with Crippen molar-refractivity contribution in [2.45, 2.75) is 12.2 Å². The van der Waals surface area contributed by atoms with Crippen molar-refractivity contribution in [1.82, 2.24) is 9.97 Å². The van der Waals surface area contributed by atoms with Crippen molar-refractivity contribution >= 4 is 35.2 Å². The first kappa shape index (κ1) is 30.5. The second-order valence-corrected chi connectivity index (χ2v) is 8.57. The molecular formula is C26H22ClF4N3O6. The molecule has 0 atom stereocenters. The standard InChI is InChI=1S/C26H22ClF4N3O6/c1-4-14-7-18(26(29,30)31)23(33-10-14)40-22-8-17(25(36)37)21(9-19(22)28)34(16(12-38-2)13-39-3)24(35)20-6-5-15(27)11-32-20/h4-11,16H,1,12-13H2,2-3H3,(H,36,37). The summed E-state index contributed by atoms with van der Waals surface area (Å²) in [7, 11) is 2.65. The van der Waals surface area contributed by atoms with Gasteiger partial charge in [-0.3, -0.25) is 9.69 Å². The molecule has 40 heavy (non-hydrogen) atoms. The van der Waals surface area contributed by atoms with E-state index in [-0.39, 0.29) is 29.5 Å². The molecule has 0 bridgehead atoms. The van der Waals surface area contributed by atoms with Crippen LogP contribution < -0.4 is 9.64 Å². The third-order valence-electron chi connectivity index (χ3n) is 5.41. The molecule has 1 N–H and O–H groups in total. The first-order chi connectivity index (χ1) is 18.9. The molecule has 0 radical (unpaired) electrons. The molecule has 2 heterocycles. The first-order valence-electron chi connectivity index (χ1n) is 11.3. The molecule has 3 aromatic rings. The number of carbonyl (C=O) groups is 2. The van der Waals surface area contributed by atoms with E-state index in [0.29, 0.717) is 18.2 Å². The SMILES string of the molecule is C=Cc1cnc(Oc2cc(C(=O)O)c(N(C(=O)c3ccc(Cl)cn3)C(COC)COC)cc2F)c(C(F)(F)F)c1. The molecule has 1 aromatic carbocycles. The maximum Gasteiger partial charge on any atom is 0.421 e. The van der Waals surface area contributed by atoms with E-state index in [9.17, 15) is 27.9 Å². The minimum absolute atomic E-state index is 0.0222. The van der Waals surface area contributed by atoms with Crippen LogP contribution in [0.15, 0.2) is 49.3 Å². The van der Waals surface area contributed by atoms with Gasteiger partial charge in [0.1, 0.15) is 11.3 Å². The summed E-state index contributed by atoms with van der Waals surface area (Å²) in [5.41, 5.74) is -2.61. The van der Waals surface area contributed by atoms with E-state index in [1.165, 1.54) is 32.5 Å². The van der Waals surface area contributed by atoms with Crippen LogP contribution in [0.2, 0.25) is 5.02 Å². The number of alkyl halides is 3. The number of carbonyl (C=O) groups excluding carboxylic acids is 1. The highest BCUT2D eigenvalue weighted by molar-refractivity contribution is 6.30. The Balaban J connectivity index is 2.19. The Morgan fingerprint density at radius 1 is 1.12 bits per heavy atom. The van der Waals surface area contributed by atoms with E-state index >= 15 is 4.39 Å². The number of benzene rings is 1. The van der Waals surface area contributed by atoms with Gasteiger partial charge in [0.15, 0.2) is 11.6 Å². The molecule has 1 amide bonds. The van der Waals surface area contributed by atoms with Crippen molar-refractivity contribution in [3.63, 3.8) is 0 Å². The fraction of sp³-hybridized carbons (Fsp3) is 0.231. The molecule has 14 heteroatoms. The van der Waals surface area contributed by atoms with Crippen LogP contribution in [-0.4, -0.2) is 60.4 Å². The zero-order valence-electron chi connectivity index (χ0n) is 21.0. The number of carboxylic acids is 1. The fourth-order valence-corrected chi connectivity index (χ4v) is 3.75. The van der Waals surface area contributed by atoms with E-state index in [4.69, 9.17) is 25.8 Å². The number of amides is 1. The number of hydrogen-bond donors (Lipinski definition) is 1. The molecule has 0 saturated carbocycles. The average Bonchev–Trinajstić information content (AvgIpc) is 2.90. The summed E-state index contributed by atoms with van der Waals surface area (Å²) in [4.78, 5) is 34.3. The highest BCUT2D eigenvalue weighted by atomic mass is 35.5. The summed E-state index contributed by atoms with van der Waals surface area (Å²) in [6, 6.07) is 3.67. The van der Waals surface area contributed by atoms with Gasteiger partial charge in [0.25, 0.3) is 5.91 Å². The molecule has 0 aliphatic rings. The van der Waals surface area contributed by atoms with Gasteiger partial charge < -0.3 is 19.3 Å². The van der Waals surface area contributed by atoms with E-state index in [1.54, 1.807) is 0 Å². The van der Waals surface area contributed by atoms with Crippen LogP contribution in [0.3, 0.4) is 0 Å². The molecule has 2 aromatic heterocycles. The number of nitrogens with zero attached hydrogens (tertiary/aromatic N) is 3. The van der Waals surface area contributed by atoms with Crippen molar-refractivity contribution in [2.24, 2.45) is 0 Å². The largest absolute Gasteiger partial charge is 0.478 e. The van der Waals surface area contributed by atoms with Crippen LogP contribution in [0, 0.1) is 5.82 Å². The second kappa shape index (κ2) is 12.9. The van der Waals surface area contributed by atoms with Gasteiger partial charge in [0.2, 0.25) is 5.88 Å². The molecule has 0 aliphatic heterocycles. The summed E-state index contributed by atoms with van der Waals surface area (Å²) in [5.74, 6) is -5.67. The van der Waals surface area contributed by atoms with Gasteiger partial charge in [-0.1, -0.05) is 24.3 Å². The molecule has 9 nitrogen and oxygen atoms in total. The summed E-state index contributed by atoms with van der Waals surface area (Å²) >= 11 is 5.85. The third-order valence-corrected chi connectivity index (χ3v) is 5.63. The minimum atomic E-state index is -4.93. The molecule has 0 fully saturated rings. The highest BCUT2D eigenvalue weighted by Crippen LogP contribution is 2.39. The predicted molar refractivity (Wildman–Crippen MR) is 136 cm³/mol. The number of hydrogen-bond acceptors (Lipinski definition) is 7. The lowest BCUT2D eigenvalue weighted by molar-refractivity contribution is -0.138. The number of methoxy groups -OCH3 is 2. The Bertz CT molecular complexity index is 1400. The van der Waals surface area contributed by atoms with Crippen LogP contribution in [0.5, 0.6) is 11.6 Å². The van der Waals surface area contributed by atoms with Gasteiger partial charge in [0, 0.05) is 38.7 Å². The van der Waals surface area contributed by atoms with Crippen LogP contribution in [0.4, 0.5) is 23.2 Å². The summed E-state index contributed by atoms with van der Waals surface area (Å²) < 4.78 is 71.7. The van der Waals surface area contributed by atoms with Gasteiger partial charge in [-0.05, 0) is 23.8 Å². The minimum Gasteiger partial charge on any atom is -0.478 e. The van der Waals surface area contributed by atoms with Crippen molar-refractivity contribution in [3.8, 4) is 11.6 Å². The Hall–Kier alpha value is -4.07. The normalized spacial score (nSPS) is 11.4.